The number of anilines is 1. The largest absolute Gasteiger partial charge is 0.444 e. The van der Waals surface area contributed by atoms with Crippen molar-refractivity contribution in [2.75, 3.05) is 5.32 Å². The van der Waals surface area contributed by atoms with Crippen molar-refractivity contribution in [3.63, 3.8) is 0 Å². The van der Waals surface area contributed by atoms with Gasteiger partial charge in [-0.2, -0.15) is 0 Å². The van der Waals surface area contributed by atoms with Gasteiger partial charge >= 0.3 is 6.09 Å². The van der Waals surface area contributed by atoms with Gasteiger partial charge in [0.25, 0.3) is 5.69 Å². The Morgan fingerprint density at radius 3 is 2.57 bits per heavy atom. The molecule has 2 rings (SSSR count). The van der Waals surface area contributed by atoms with E-state index in [2.05, 4.69) is 5.32 Å². The maximum absolute atomic E-state index is 13.1. The zero-order valence-corrected chi connectivity index (χ0v) is 12.9. The van der Waals surface area contributed by atoms with Gasteiger partial charge in [0.1, 0.15) is 17.1 Å². The molecule has 2 aromatic rings. The summed E-state index contributed by atoms with van der Waals surface area (Å²) in [5.41, 5.74) is -0.639. The van der Waals surface area contributed by atoms with E-state index in [-0.39, 0.29) is 11.4 Å². The Morgan fingerprint density at radius 1 is 1.35 bits per heavy atom. The minimum absolute atomic E-state index is 0.000582. The summed E-state index contributed by atoms with van der Waals surface area (Å²) in [5.74, 6) is -0.455. The highest BCUT2D eigenvalue weighted by atomic mass is 19.1. The molecular formula is C15H16FN3O4. The number of hydrogen-bond acceptors (Lipinski definition) is 4. The molecular weight excluding hydrogens is 305 g/mol. The van der Waals surface area contributed by atoms with Crippen LogP contribution in [0.4, 0.5) is 20.6 Å². The van der Waals surface area contributed by atoms with Crippen LogP contribution in [0, 0.1) is 15.9 Å². The molecule has 1 heterocycles. The quantitative estimate of drug-likeness (QED) is 0.686. The van der Waals surface area contributed by atoms with E-state index in [1.807, 2.05) is 0 Å². The topological polar surface area (TPSA) is 86.4 Å². The molecule has 8 heteroatoms. The summed E-state index contributed by atoms with van der Waals surface area (Å²) >= 11 is 0. The van der Waals surface area contributed by atoms with Crippen LogP contribution in [0.15, 0.2) is 36.7 Å². The molecule has 0 atom stereocenters. The summed E-state index contributed by atoms with van der Waals surface area (Å²) in [6, 6.07) is 5.37. The number of halogens is 1. The van der Waals surface area contributed by atoms with Gasteiger partial charge in [0, 0.05) is 18.5 Å². The number of nitrogens with zero attached hydrogens (tertiary/aromatic N) is 2. The van der Waals surface area contributed by atoms with Crippen LogP contribution in [0.3, 0.4) is 0 Å². The first-order valence-corrected chi connectivity index (χ1v) is 6.78. The van der Waals surface area contributed by atoms with E-state index in [1.165, 1.54) is 41.2 Å². The van der Waals surface area contributed by atoms with Crippen LogP contribution in [0.5, 0.6) is 0 Å². The molecule has 0 aliphatic heterocycles. The number of amides is 1. The number of carbonyl (C=O) groups is 1. The molecule has 0 unspecified atom stereocenters. The van der Waals surface area contributed by atoms with Crippen molar-refractivity contribution in [3.8, 4) is 5.69 Å². The summed E-state index contributed by atoms with van der Waals surface area (Å²) < 4.78 is 19.5. The zero-order chi connectivity index (χ0) is 17.2. The SMILES string of the molecule is CC(C)(C)OC(=O)Nc1ccc(-n2ccc(F)c2)cc1[N+](=O)[O-]. The monoisotopic (exact) mass is 321 g/mol. The highest BCUT2D eigenvalue weighted by molar-refractivity contribution is 5.88. The second-order valence-electron chi connectivity index (χ2n) is 5.82. The lowest BCUT2D eigenvalue weighted by Gasteiger charge is -2.19. The van der Waals surface area contributed by atoms with Crippen molar-refractivity contribution in [1.82, 2.24) is 4.57 Å². The van der Waals surface area contributed by atoms with Crippen LogP contribution < -0.4 is 5.32 Å². The van der Waals surface area contributed by atoms with E-state index in [1.54, 1.807) is 20.8 Å². The lowest BCUT2D eigenvalue weighted by Crippen LogP contribution is -2.27. The normalized spacial score (nSPS) is 11.1. The van der Waals surface area contributed by atoms with Crippen LogP contribution in [0.1, 0.15) is 20.8 Å². The van der Waals surface area contributed by atoms with Gasteiger partial charge in [0.05, 0.1) is 10.6 Å². The molecule has 0 radical (unpaired) electrons. The Balaban J connectivity index is 2.30. The molecule has 122 valence electrons. The standard InChI is InChI=1S/C15H16FN3O4/c1-15(2,3)23-14(20)17-12-5-4-11(8-13(12)19(21)22)18-7-6-10(16)9-18/h4-9H,1-3H3,(H,17,20). The number of nitro groups is 1. The van der Waals surface area contributed by atoms with Gasteiger partial charge in [0.2, 0.25) is 0 Å². The second-order valence-corrected chi connectivity index (χ2v) is 5.82. The van der Waals surface area contributed by atoms with Crippen molar-refractivity contribution in [2.45, 2.75) is 26.4 Å². The average Bonchev–Trinajstić information content (AvgIpc) is 2.83. The molecule has 0 bridgehead atoms. The van der Waals surface area contributed by atoms with Gasteiger partial charge in [0.15, 0.2) is 0 Å². The number of carbonyl (C=O) groups excluding carboxylic acids is 1. The van der Waals surface area contributed by atoms with Crippen LogP contribution in [-0.4, -0.2) is 21.2 Å². The molecule has 1 N–H and O–H groups in total. The fourth-order valence-corrected chi connectivity index (χ4v) is 1.88. The first-order chi connectivity index (χ1) is 10.7. The Hall–Kier alpha value is -2.90. The third kappa shape index (κ3) is 4.29. The number of nitrogens with one attached hydrogen (secondary N) is 1. The summed E-state index contributed by atoms with van der Waals surface area (Å²) in [6.45, 7) is 5.06. The van der Waals surface area contributed by atoms with E-state index in [0.717, 1.165) is 0 Å². The molecule has 0 fully saturated rings. The Labute approximate surface area is 131 Å². The van der Waals surface area contributed by atoms with Crippen LogP contribution >= 0.6 is 0 Å². The van der Waals surface area contributed by atoms with E-state index in [0.29, 0.717) is 5.69 Å². The van der Waals surface area contributed by atoms with Crippen LogP contribution in [0.25, 0.3) is 5.69 Å². The first-order valence-electron chi connectivity index (χ1n) is 6.78. The molecule has 0 saturated heterocycles. The van der Waals surface area contributed by atoms with Crippen molar-refractivity contribution < 1.29 is 18.8 Å². The Kier molecular flexibility index (Phi) is 4.35. The van der Waals surface area contributed by atoms with E-state index >= 15 is 0 Å². The molecule has 7 nitrogen and oxygen atoms in total. The van der Waals surface area contributed by atoms with E-state index in [4.69, 9.17) is 4.74 Å². The third-order valence-corrected chi connectivity index (χ3v) is 2.77. The molecule has 0 aliphatic rings. The maximum atomic E-state index is 13.1. The maximum Gasteiger partial charge on any atom is 0.412 e. The van der Waals surface area contributed by atoms with Crippen LogP contribution in [0.2, 0.25) is 0 Å². The smallest absolute Gasteiger partial charge is 0.412 e. The average molecular weight is 321 g/mol. The predicted octanol–water partition coefficient (Wildman–Crippen LogP) is 3.87. The van der Waals surface area contributed by atoms with E-state index in [9.17, 15) is 19.3 Å². The summed E-state index contributed by atoms with van der Waals surface area (Å²) in [6.07, 6.45) is 1.84. The highest BCUT2D eigenvalue weighted by Gasteiger charge is 2.21. The number of rotatable bonds is 3. The van der Waals surface area contributed by atoms with E-state index < -0.39 is 22.4 Å². The lowest BCUT2D eigenvalue weighted by molar-refractivity contribution is -0.383. The highest BCUT2D eigenvalue weighted by Crippen LogP contribution is 2.28. The molecule has 0 spiro atoms. The number of ether oxygens (including phenoxy) is 1. The number of hydrogen-bond donors (Lipinski definition) is 1. The van der Waals surface area contributed by atoms with Crippen molar-refractivity contribution in [2.24, 2.45) is 0 Å². The number of aromatic nitrogens is 1. The second kappa shape index (κ2) is 6.07. The molecule has 1 aromatic heterocycles. The summed E-state index contributed by atoms with van der Waals surface area (Å²) in [4.78, 5) is 22.3. The molecule has 1 aromatic carbocycles. The number of benzene rings is 1. The fourth-order valence-electron chi connectivity index (χ4n) is 1.88. The minimum atomic E-state index is -0.791. The predicted molar refractivity (Wildman–Crippen MR) is 82.2 cm³/mol. The molecule has 23 heavy (non-hydrogen) atoms. The van der Waals surface area contributed by atoms with Crippen LogP contribution in [-0.2, 0) is 4.74 Å². The molecule has 0 saturated carbocycles. The zero-order valence-electron chi connectivity index (χ0n) is 12.9. The Morgan fingerprint density at radius 2 is 2.04 bits per heavy atom. The first kappa shape index (κ1) is 16.5. The van der Waals surface area contributed by atoms with Gasteiger partial charge in [-0.15, -0.1) is 0 Å². The minimum Gasteiger partial charge on any atom is -0.444 e. The Bertz CT molecular complexity index is 749. The third-order valence-electron chi connectivity index (χ3n) is 2.77. The summed E-state index contributed by atoms with van der Waals surface area (Å²) in [7, 11) is 0. The van der Waals surface area contributed by atoms with Gasteiger partial charge in [-0.25, -0.2) is 9.18 Å². The van der Waals surface area contributed by atoms with Crippen molar-refractivity contribution in [1.29, 1.82) is 0 Å². The van der Waals surface area contributed by atoms with Gasteiger partial charge < -0.3 is 9.30 Å². The summed E-state index contributed by atoms with van der Waals surface area (Å²) in [5, 5.41) is 13.6. The molecule has 1 amide bonds. The van der Waals surface area contributed by atoms with Gasteiger partial charge in [-0.1, -0.05) is 0 Å². The van der Waals surface area contributed by atoms with Crippen molar-refractivity contribution in [3.05, 3.63) is 52.6 Å². The van der Waals surface area contributed by atoms with Gasteiger partial charge in [-0.05, 0) is 39.0 Å². The fraction of sp³-hybridized carbons (Fsp3) is 0.267. The number of nitro benzene ring substituents is 1. The van der Waals surface area contributed by atoms with Gasteiger partial charge in [-0.3, -0.25) is 15.4 Å². The van der Waals surface area contributed by atoms with Crippen molar-refractivity contribution >= 4 is 17.5 Å². The lowest BCUT2D eigenvalue weighted by atomic mass is 10.2. The molecule has 0 aliphatic carbocycles.